The van der Waals surface area contributed by atoms with Gasteiger partial charge in [0.2, 0.25) is 15.9 Å². The van der Waals surface area contributed by atoms with Crippen LogP contribution in [0.4, 0.5) is 0 Å². The third-order valence-corrected chi connectivity index (χ3v) is 6.22. The minimum atomic E-state index is -3.53. The number of hydrogen-bond donors (Lipinski definition) is 2. The van der Waals surface area contributed by atoms with Crippen LogP contribution in [0.25, 0.3) is 0 Å². The van der Waals surface area contributed by atoms with E-state index in [2.05, 4.69) is 10.0 Å². The summed E-state index contributed by atoms with van der Waals surface area (Å²) in [5.41, 5.74) is 0.894. The van der Waals surface area contributed by atoms with Crippen LogP contribution in [0.2, 0.25) is 5.02 Å². The Balaban J connectivity index is 1.81. The third kappa shape index (κ3) is 5.31. The van der Waals surface area contributed by atoms with Crippen LogP contribution in [-0.2, 0) is 14.8 Å². The van der Waals surface area contributed by atoms with Crippen LogP contribution in [0.3, 0.4) is 0 Å². The summed E-state index contributed by atoms with van der Waals surface area (Å²) >= 11 is 7.05. The fraction of sp³-hybridized carbons (Fsp3) is 0.267. The summed E-state index contributed by atoms with van der Waals surface area (Å²) in [5.74, 6) is -0.230. The lowest BCUT2D eigenvalue weighted by Gasteiger charge is -2.14. The van der Waals surface area contributed by atoms with Crippen LogP contribution < -0.4 is 10.0 Å². The van der Waals surface area contributed by atoms with Gasteiger partial charge in [0.15, 0.2) is 0 Å². The molecule has 23 heavy (non-hydrogen) atoms. The van der Waals surface area contributed by atoms with E-state index >= 15 is 0 Å². The molecule has 0 radical (unpaired) electrons. The lowest BCUT2D eigenvalue weighted by atomic mass is 10.1. The molecule has 0 aliphatic heterocycles. The maximum Gasteiger partial charge on any atom is 0.250 e. The maximum atomic E-state index is 11.9. The van der Waals surface area contributed by atoms with E-state index in [1.807, 2.05) is 19.1 Å². The second-order valence-corrected chi connectivity index (χ2v) is 8.30. The molecule has 124 valence electrons. The molecule has 1 aromatic heterocycles. The highest BCUT2D eigenvalue weighted by atomic mass is 35.5. The van der Waals surface area contributed by atoms with E-state index in [1.165, 1.54) is 6.07 Å². The highest BCUT2D eigenvalue weighted by Crippen LogP contribution is 2.17. The quantitative estimate of drug-likeness (QED) is 0.784. The number of nitrogens with one attached hydrogen (secondary N) is 2. The molecule has 0 fully saturated rings. The van der Waals surface area contributed by atoms with Gasteiger partial charge in [-0.1, -0.05) is 29.8 Å². The van der Waals surface area contributed by atoms with Crippen LogP contribution in [0.5, 0.6) is 0 Å². The maximum absolute atomic E-state index is 11.9. The molecule has 0 bridgehead atoms. The molecular weight excluding hydrogens is 356 g/mol. The second-order valence-electron chi connectivity index (χ2n) is 4.92. The zero-order chi connectivity index (χ0) is 16.9. The molecule has 5 nitrogen and oxygen atoms in total. The van der Waals surface area contributed by atoms with Crippen LogP contribution in [0.1, 0.15) is 24.9 Å². The van der Waals surface area contributed by atoms with Crippen LogP contribution in [-0.4, -0.2) is 20.9 Å². The van der Waals surface area contributed by atoms with Gasteiger partial charge in [-0.25, -0.2) is 13.1 Å². The van der Waals surface area contributed by atoms with Crippen molar-refractivity contribution in [1.29, 1.82) is 0 Å². The van der Waals surface area contributed by atoms with Crippen molar-refractivity contribution in [3.8, 4) is 0 Å². The topological polar surface area (TPSA) is 75.3 Å². The first-order chi connectivity index (χ1) is 10.9. The van der Waals surface area contributed by atoms with Crippen molar-refractivity contribution in [2.24, 2.45) is 0 Å². The predicted molar refractivity (Wildman–Crippen MR) is 92.1 cm³/mol. The summed E-state index contributed by atoms with van der Waals surface area (Å²) in [6.07, 6.45) is 0.0650. The molecule has 1 aromatic carbocycles. The number of rotatable bonds is 7. The average molecular weight is 373 g/mol. The van der Waals surface area contributed by atoms with Crippen molar-refractivity contribution < 1.29 is 13.2 Å². The summed E-state index contributed by atoms with van der Waals surface area (Å²) < 4.78 is 26.5. The number of halogens is 1. The van der Waals surface area contributed by atoms with Crippen LogP contribution >= 0.6 is 22.9 Å². The average Bonchev–Trinajstić information content (AvgIpc) is 3.02. The summed E-state index contributed by atoms with van der Waals surface area (Å²) in [7, 11) is -3.53. The molecule has 2 N–H and O–H groups in total. The normalized spacial score (nSPS) is 12.8. The smallest absolute Gasteiger partial charge is 0.250 e. The Bertz CT molecular complexity index is 761. The highest BCUT2D eigenvalue weighted by molar-refractivity contribution is 7.91. The van der Waals surface area contributed by atoms with E-state index < -0.39 is 10.0 Å². The summed E-state index contributed by atoms with van der Waals surface area (Å²) in [6.45, 7) is 1.90. The molecule has 0 aliphatic rings. The van der Waals surface area contributed by atoms with E-state index in [-0.39, 0.29) is 29.1 Å². The molecule has 0 aliphatic carbocycles. The van der Waals surface area contributed by atoms with Crippen molar-refractivity contribution >= 4 is 38.9 Å². The molecule has 2 aromatic rings. The zero-order valence-corrected chi connectivity index (χ0v) is 14.8. The van der Waals surface area contributed by atoms with Gasteiger partial charge in [0, 0.05) is 18.0 Å². The lowest BCUT2D eigenvalue weighted by Crippen LogP contribution is -2.31. The van der Waals surface area contributed by atoms with Crippen molar-refractivity contribution in [2.45, 2.75) is 23.6 Å². The monoisotopic (exact) mass is 372 g/mol. The first-order valence-corrected chi connectivity index (χ1v) is 9.70. The van der Waals surface area contributed by atoms with Gasteiger partial charge in [0.25, 0.3) is 0 Å². The van der Waals surface area contributed by atoms with Gasteiger partial charge in [-0.05, 0) is 36.1 Å². The highest BCUT2D eigenvalue weighted by Gasteiger charge is 2.15. The van der Waals surface area contributed by atoms with E-state index in [0.717, 1.165) is 16.9 Å². The molecule has 0 saturated carbocycles. The number of hydrogen-bond acceptors (Lipinski definition) is 4. The van der Waals surface area contributed by atoms with Gasteiger partial charge >= 0.3 is 0 Å². The van der Waals surface area contributed by atoms with Crippen LogP contribution in [0, 0.1) is 0 Å². The Morgan fingerprint density at radius 2 is 2.09 bits per heavy atom. The van der Waals surface area contributed by atoms with Crippen molar-refractivity contribution in [3.05, 3.63) is 52.4 Å². The molecule has 1 amide bonds. The summed E-state index contributed by atoms with van der Waals surface area (Å²) in [5, 5.41) is 5.11. The van der Waals surface area contributed by atoms with Crippen molar-refractivity contribution in [2.75, 3.05) is 6.54 Å². The minimum absolute atomic E-state index is 0.0499. The first-order valence-electron chi connectivity index (χ1n) is 6.96. The number of carbonyl (C=O) groups excluding carboxylic acids is 1. The number of benzene rings is 1. The molecule has 0 spiro atoms. The van der Waals surface area contributed by atoms with Crippen LogP contribution in [0.15, 0.2) is 46.0 Å². The first kappa shape index (κ1) is 17.9. The van der Waals surface area contributed by atoms with E-state index in [1.54, 1.807) is 23.6 Å². The zero-order valence-electron chi connectivity index (χ0n) is 12.5. The molecule has 0 saturated heterocycles. The van der Waals surface area contributed by atoms with Gasteiger partial charge in [0.05, 0.1) is 6.04 Å². The number of carbonyl (C=O) groups is 1. The Labute approximate surface area is 144 Å². The van der Waals surface area contributed by atoms with Gasteiger partial charge in [0.1, 0.15) is 4.21 Å². The standard InChI is InChI=1S/C15H17ClN2O3S2/c1-11(12-4-2-5-13(16)10-12)18-14(19)7-8-17-23(20,21)15-6-3-9-22-15/h2-6,9-11,17H,7-8H2,1H3,(H,18,19). The van der Waals surface area contributed by atoms with Gasteiger partial charge in [-0.2, -0.15) is 0 Å². The second kappa shape index (κ2) is 7.92. The van der Waals surface area contributed by atoms with Crippen molar-refractivity contribution in [3.63, 3.8) is 0 Å². The van der Waals surface area contributed by atoms with E-state index in [0.29, 0.717) is 5.02 Å². The molecule has 1 heterocycles. The van der Waals surface area contributed by atoms with E-state index in [9.17, 15) is 13.2 Å². The predicted octanol–water partition coefficient (Wildman–Crippen LogP) is 2.95. The lowest BCUT2D eigenvalue weighted by molar-refractivity contribution is -0.121. The summed E-state index contributed by atoms with van der Waals surface area (Å²) in [4.78, 5) is 11.9. The van der Waals surface area contributed by atoms with Gasteiger partial charge < -0.3 is 5.32 Å². The fourth-order valence-corrected chi connectivity index (χ4v) is 4.23. The van der Waals surface area contributed by atoms with E-state index in [4.69, 9.17) is 11.6 Å². The Hall–Kier alpha value is -1.41. The molecule has 1 atom stereocenters. The molecule has 1 unspecified atom stereocenters. The van der Waals surface area contributed by atoms with Gasteiger partial charge in [-0.15, -0.1) is 11.3 Å². The Morgan fingerprint density at radius 3 is 2.74 bits per heavy atom. The Kier molecular flexibility index (Phi) is 6.17. The Morgan fingerprint density at radius 1 is 1.30 bits per heavy atom. The largest absolute Gasteiger partial charge is 0.350 e. The number of thiophene rings is 1. The number of sulfonamides is 1. The third-order valence-electron chi connectivity index (χ3n) is 3.13. The SMILES string of the molecule is CC(NC(=O)CCNS(=O)(=O)c1cccs1)c1cccc(Cl)c1. The van der Waals surface area contributed by atoms with Crippen molar-refractivity contribution in [1.82, 2.24) is 10.0 Å². The molecular formula is C15H17ClN2O3S2. The molecule has 2 rings (SSSR count). The van der Waals surface area contributed by atoms with Gasteiger partial charge in [-0.3, -0.25) is 4.79 Å². The molecule has 8 heteroatoms. The number of amides is 1. The minimum Gasteiger partial charge on any atom is -0.350 e. The fourth-order valence-electron chi connectivity index (χ4n) is 1.96. The summed E-state index contributed by atoms with van der Waals surface area (Å²) in [6, 6.07) is 10.2.